The molecule has 2 amide bonds. The van der Waals surface area contributed by atoms with E-state index in [2.05, 4.69) is 29.9 Å². The lowest BCUT2D eigenvalue weighted by Gasteiger charge is -2.27. The van der Waals surface area contributed by atoms with Crippen LogP contribution in [0.2, 0.25) is 20.1 Å². The Morgan fingerprint density at radius 2 is 0.851 bits per heavy atom. The van der Waals surface area contributed by atoms with Gasteiger partial charge in [-0.05, 0) is 125 Å². The van der Waals surface area contributed by atoms with Crippen LogP contribution in [0.15, 0.2) is 82.6 Å². The molecule has 4 atom stereocenters. The van der Waals surface area contributed by atoms with Gasteiger partial charge < -0.3 is 48.9 Å². The van der Waals surface area contributed by atoms with Gasteiger partial charge in [0.15, 0.2) is 0 Å². The van der Waals surface area contributed by atoms with Crippen LogP contribution in [0.1, 0.15) is 47.3 Å². The highest BCUT2D eigenvalue weighted by molar-refractivity contribution is 7.89. The van der Waals surface area contributed by atoms with E-state index >= 15 is 0 Å². The topological polar surface area (TPSA) is 212 Å². The number of rotatable bonds is 31. The Hall–Kier alpha value is -3.84. The van der Waals surface area contributed by atoms with Crippen molar-refractivity contribution in [1.29, 1.82) is 0 Å². The Balaban J connectivity index is 0.726. The van der Waals surface area contributed by atoms with Crippen LogP contribution in [0, 0.1) is 0 Å². The predicted molar refractivity (Wildman–Crippen MR) is 284 cm³/mol. The van der Waals surface area contributed by atoms with Gasteiger partial charge in [-0.3, -0.25) is 9.59 Å². The van der Waals surface area contributed by atoms with Gasteiger partial charge in [-0.25, -0.2) is 26.3 Å². The van der Waals surface area contributed by atoms with Gasteiger partial charge in [0, 0.05) is 70.2 Å². The van der Waals surface area contributed by atoms with E-state index in [9.17, 15) is 26.4 Å². The maximum Gasteiger partial charge on any atom is 0.240 e. The monoisotopic (exact) mass is 1140 g/mol. The molecule has 4 aromatic rings. The molecule has 6 rings (SSSR count). The zero-order chi connectivity index (χ0) is 53.4. The highest BCUT2D eigenvalue weighted by Crippen LogP contribution is 2.43. The highest BCUT2D eigenvalue weighted by Gasteiger charge is 2.39. The van der Waals surface area contributed by atoms with Crippen LogP contribution in [0.25, 0.3) is 0 Å². The molecule has 4 aromatic carbocycles. The summed E-state index contributed by atoms with van der Waals surface area (Å²) in [7, 11) is 0.270. The third kappa shape index (κ3) is 17.3. The van der Waals surface area contributed by atoms with E-state index < -0.39 is 20.0 Å². The van der Waals surface area contributed by atoms with E-state index in [4.69, 9.17) is 74.8 Å². The van der Waals surface area contributed by atoms with Crippen LogP contribution in [-0.4, -0.2) is 158 Å². The van der Waals surface area contributed by atoms with Gasteiger partial charge in [0.25, 0.3) is 0 Å². The van der Waals surface area contributed by atoms with Crippen LogP contribution in [0.3, 0.4) is 0 Å². The second-order valence-electron chi connectivity index (χ2n) is 17.8. The fourth-order valence-corrected chi connectivity index (χ4v) is 11.5. The summed E-state index contributed by atoms with van der Waals surface area (Å²) in [6.07, 6.45) is 0.704. The summed E-state index contributed by atoms with van der Waals surface area (Å²) in [6, 6.07) is 19.6. The Morgan fingerprint density at radius 1 is 0.514 bits per heavy atom. The first-order chi connectivity index (χ1) is 35.3. The summed E-state index contributed by atoms with van der Waals surface area (Å²) >= 11 is 25.5. The molecule has 2 aliphatic rings. The summed E-state index contributed by atoms with van der Waals surface area (Å²) in [6.45, 7) is 2.17. The molecule has 406 valence electrons. The molecule has 0 bridgehead atoms. The van der Waals surface area contributed by atoms with Crippen LogP contribution < -0.4 is 29.6 Å². The van der Waals surface area contributed by atoms with E-state index in [1.165, 1.54) is 24.3 Å². The quantitative estimate of drug-likeness (QED) is 0.0436. The highest BCUT2D eigenvalue weighted by atomic mass is 35.5. The van der Waals surface area contributed by atoms with Crippen molar-refractivity contribution in [3.63, 3.8) is 0 Å². The van der Waals surface area contributed by atoms with E-state index in [1.54, 1.807) is 36.4 Å². The van der Waals surface area contributed by atoms with Crippen molar-refractivity contribution in [2.24, 2.45) is 0 Å². The lowest BCUT2D eigenvalue weighted by atomic mass is 10.1. The van der Waals surface area contributed by atoms with Gasteiger partial charge in [-0.2, -0.15) is 0 Å². The van der Waals surface area contributed by atoms with Crippen molar-refractivity contribution in [3.05, 3.63) is 115 Å². The lowest BCUT2D eigenvalue weighted by molar-refractivity contribution is -0.126. The number of ether oxygens (including phenoxy) is 6. The summed E-state index contributed by atoms with van der Waals surface area (Å²) in [5, 5.41) is 7.61. The SMILES string of the molecule is CN(C)C1Cc2c(Cl)cc(Cl)cc2[C@@H]1Oc1ccc(S(=O)(=O)NCCOCCOCCNC(=O)CCC(=O)NCCOCCOCCNS(=O)(=O)c2ccc(O[C@H]3c4cc(Cl)cc(Cl)c4C[C@@H]3N(C)C)cc2)cc1. The molecule has 18 nitrogen and oxygen atoms in total. The van der Waals surface area contributed by atoms with E-state index in [0.717, 1.165) is 22.3 Å². The molecule has 0 spiro atoms. The average molecular weight is 1150 g/mol. The Labute approximate surface area is 454 Å². The Morgan fingerprint density at radius 3 is 1.19 bits per heavy atom. The minimum atomic E-state index is -3.80. The number of hydrogen-bond donors (Lipinski definition) is 4. The van der Waals surface area contributed by atoms with Crippen LogP contribution in [0.5, 0.6) is 11.5 Å². The number of benzene rings is 4. The van der Waals surface area contributed by atoms with Crippen molar-refractivity contribution >= 4 is 78.3 Å². The predicted octanol–water partition coefficient (Wildman–Crippen LogP) is 5.85. The fraction of sp³-hybridized carbons (Fsp3) is 0.480. The summed E-state index contributed by atoms with van der Waals surface area (Å²) in [4.78, 5) is 28.7. The number of fused-ring (bicyclic) bond motifs is 2. The first-order valence-corrected chi connectivity index (χ1v) is 28.5. The number of carbonyl (C=O) groups excluding carboxylic acids is 2. The zero-order valence-electron chi connectivity index (χ0n) is 41.7. The second kappa shape index (κ2) is 28.5. The zero-order valence-corrected chi connectivity index (χ0v) is 46.3. The molecule has 1 unspecified atom stereocenters. The fourth-order valence-electron chi connectivity index (χ4n) is 8.35. The van der Waals surface area contributed by atoms with Crippen LogP contribution in [0.4, 0.5) is 0 Å². The molecule has 0 aromatic heterocycles. The maximum absolute atomic E-state index is 12.9. The van der Waals surface area contributed by atoms with Gasteiger partial charge in [-0.15, -0.1) is 0 Å². The number of sulfonamides is 2. The van der Waals surface area contributed by atoms with Crippen molar-refractivity contribution in [2.45, 2.75) is 59.8 Å². The van der Waals surface area contributed by atoms with E-state index in [-0.39, 0.29) is 138 Å². The van der Waals surface area contributed by atoms with Gasteiger partial charge in [-0.1, -0.05) is 46.4 Å². The third-order valence-electron chi connectivity index (χ3n) is 12.2. The van der Waals surface area contributed by atoms with Crippen molar-refractivity contribution in [2.75, 3.05) is 107 Å². The molecule has 0 fully saturated rings. The second-order valence-corrected chi connectivity index (χ2v) is 23.1. The van der Waals surface area contributed by atoms with Crippen LogP contribution >= 0.6 is 46.4 Å². The summed E-state index contributed by atoms with van der Waals surface area (Å²) < 4.78 is 91.2. The van der Waals surface area contributed by atoms with Gasteiger partial charge >= 0.3 is 0 Å². The number of amides is 2. The molecule has 0 aliphatic heterocycles. The number of nitrogens with zero attached hydrogens (tertiary/aromatic N) is 2. The molecule has 4 N–H and O–H groups in total. The number of carbonyl (C=O) groups is 2. The summed E-state index contributed by atoms with van der Waals surface area (Å²) in [5.74, 6) is 0.411. The van der Waals surface area contributed by atoms with E-state index in [0.29, 0.717) is 44.4 Å². The summed E-state index contributed by atoms with van der Waals surface area (Å²) in [5.41, 5.74) is 3.79. The van der Waals surface area contributed by atoms with Gasteiger partial charge in [0.05, 0.1) is 74.7 Å². The number of halogens is 4. The largest absolute Gasteiger partial charge is 0.484 e. The van der Waals surface area contributed by atoms with E-state index in [1.807, 2.05) is 40.3 Å². The molecule has 0 saturated heterocycles. The molecule has 24 heteroatoms. The molecule has 74 heavy (non-hydrogen) atoms. The van der Waals surface area contributed by atoms with Crippen molar-refractivity contribution in [1.82, 2.24) is 29.9 Å². The van der Waals surface area contributed by atoms with Gasteiger partial charge in [0.2, 0.25) is 31.9 Å². The standard InChI is InChI=1S/C50H64Cl4N6O12S2/c1-59(2)45-31-39-41(27-33(51)29-43(39)53)49(45)71-35-5-9-37(10-6-35)73(63,64)57-17-21-69-25-23-67-19-15-55-47(61)13-14-48(62)56-16-20-68-24-26-70-22-18-58-74(65,66)38-11-7-36(8-12-38)72-50-42-28-34(52)30-44(54)40(42)32-46(50)60(3)4/h5-12,27-30,45-46,49-50,57-58H,13-26,31-32H2,1-4H3,(H,55,61)(H,56,62)/t45-,46?,49-,50-/m0/s1. The third-order valence-corrected chi connectivity index (χ3v) is 16.3. The first kappa shape index (κ1) is 59.4. The normalized spacial score (nSPS) is 17.4. The van der Waals surface area contributed by atoms with Crippen molar-refractivity contribution < 1.29 is 54.8 Å². The van der Waals surface area contributed by atoms with Crippen molar-refractivity contribution in [3.8, 4) is 11.5 Å². The maximum atomic E-state index is 12.9. The Bertz CT molecular complexity index is 2540. The molecular formula is C50H64Cl4N6O12S2. The average Bonchev–Trinajstić information content (AvgIpc) is 3.91. The lowest BCUT2D eigenvalue weighted by Crippen LogP contribution is -2.34. The Kier molecular flexibility index (Phi) is 22.9. The number of likely N-dealkylation sites (N-methyl/N-ethyl adjacent to an activating group) is 2. The molecule has 2 aliphatic carbocycles. The molecule has 0 heterocycles. The molecule has 0 radical (unpaired) electrons. The smallest absolute Gasteiger partial charge is 0.240 e. The minimum absolute atomic E-state index is 0.00148. The van der Waals surface area contributed by atoms with Gasteiger partial charge in [0.1, 0.15) is 23.7 Å². The number of nitrogens with one attached hydrogen (secondary N) is 4. The van der Waals surface area contributed by atoms with Crippen LogP contribution in [-0.2, 0) is 61.4 Å². The first-order valence-electron chi connectivity index (χ1n) is 24.0. The molecule has 0 saturated carbocycles. The molecular weight excluding hydrogens is 1080 g/mol. The number of hydrogen-bond acceptors (Lipinski definition) is 14. The minimum Gasteiger partial charge on any atom is -0.484 e.